The first kappa shape index (κ1) is 18.5. The van der Waals surface area contributed by atoms with Gasteiger partial charge in [-0.3, -0.25) is 0 Å². The first-order chi connectivity index (χ1) is 24.2. The third-order valence-electron chi connectivity index (χ3n) is 7.30. The lowest BCUT2D eigenvalue weighted by Gasteiger charge is -2.11. The first-order valence-electron chi connectivity index (χ1n) is 17.3. The maximum atomic E-state index is 9.30. The fourth-order valence-electron chi connectivity index (χ4n) is 5.22. The topological polar surface area (TPSA) is 43.6 Å². The number of nitrogens with zero attached hydrogens (tertiary/aromatic N) is 4. The molecule has 0 spiro atoms. The molecule has 6 aromatic carbocycles. The molecule has 0 bridgehead atoms. The molecule has 0 N–H and O–H groups in total. The Morgan fingerprint density at radius 1 is 0.419 bits per heavy atom. The summed E-state index contributed by atoms with van der Waals surface area (Å²) in [7, 11) is 0. The average Bonchev–Trinajstić information content (AvgIpc) is 3.53. The molecule has 0 aliphatic heterocycles. The van der Waals surface area contributed by atoms with Crippen LogP contribution in [0.3, 0.4) is 0 Å². The molecule has 43 heavy (non-hydrogen) atoms. The minimum atomic E-state index is -0.433. The molecule has 8 aromatic rings. The number of hydrogen-bond acceptors (Lipinski definition) is 3. The molecule has 2 aromatic heterocycles. The second-order valence-electron chi connectivity index (χ2n) is 9.98. The van der Waals surface area contributed by atoms with Crippen molar-refractivity contribution < 1.29 is 9.60 Å². The Bertz CT molecular complexity index is 2530. The molecule has 4 nitrogen and oxygen atoms in total. The Kier molecular flexibility index (Phi) is 4.53. The largest absolute Gasteiger partial charge is 0.309 e. The summed E-state index contributed by atoms with van der Waals surface area (Å²) in [6.07, 6.45) is 0. The maximum absolute atomic E-state index is 9.30. The quantitative estimate of drug-likeness (QED) is 0.212. The number of benzene rings is 6. The smallest absolute Gasteiger partial charge is 0.164 e. The molecule has 0 aliphatic rings. The van der Waals surface area contributed by atoms with E-state index in [0.29, 0.717) is 34.3 Å². The van der Waals surface area contributed by atoms with Gasteiger partial charge in [0.15, 0.2) is 17.5 Å². The summed E-state index contributed by atoms with van der Waals surface area (Å²) in [5.41, 5.74) is 3.91. The van der Waals surface area contributed by atoms with Crippen LogP contribution in [0, 0.1) is 0 Å². The van der Waals surface area contributed by atoms with Crippen LogP contribution in [0.4, 0.5) is 0 Å². The Hall–Kier alpha value is -5.87. The molecule has 0 fully saturated rings. The number of aromatic nitrogens is 4. The lowest BCUT2D eigenvalue weighted by molar-refractivity contribution is 1.07. The van der Waals surface area contributed by atoms with Crippen LogP contribution in [-0.4, -0.2) is 19.5 Å². The highest BCUT2D eigenvalue weighted by molar-refractivity contribution is 6.10. The van der Waals surface area contributed by atoms with Gasteiger partial charge in [-0.2, -0.15) is 0 Å². The number of para-hydroxylation sites is 1. The van der Waals surface area contributed by atoms with Gasteiger partial charge in [-0.05, 0) is 53.5 Å². The Morgan fingerprint density at radius 2 is 0.907 bits per heavy atom. The highest BCUT2D eigenvalue weighted by Crippen LogP contribution is 2.35. The molecule has 0 aliphatic carbocycles. The second kappa shape index (κ2) is 10.5. The minimum absolute atomic E-state index is 0.0790. The Balaban J connectivity index is 1.37. The van der Waals surface area contributed by atoms with E-state index < -0.39 is 12.1 Å². The Morgan fingerprint density at radius 3 is 1.49 bits per heavy atom. The molecule has 0 unspecified atom stereocenters. The van der Waals surface area contributed by atoms with Gasteiger partial charge in [0.05, 0.1) is 20.6 Å². The first-order valence-corrected chi connectivity index (χ1v) is 13.8. The molecule has 8 rings (SSSR count). The normalized spacial score (nSPS) is 13.5. The molecule has 2 heterocycles. The van der Waals surface area contributed by atoms with Crippen LogP contribution in [0.15, 0.2) is 158 Å². The van der Waals surface area contributed by atoms with Gasteiger partial charge in [0, 0.05) is 33.2 Å². The SMILES string of the molecule is [2H]c1c([2H])c([2H])c2c(c1[2H])c1c([2H])c(-c3ccccc3)c([2H])c([2H])c1n2-c1ccc(-c2nc(-c3ccccc3)nc(-c3ccccc3)n2)cc1. The van der Waals surface area contributed by atoms with Crippen molar-refractivity contribution in [3.8, 4) is 51.0 Å². The summed E-state index contributed by atoms with van der Waals surface area (Å²) in [5.74, 6) is 1.45. The fraction of sp³-hybridized carbons (Fsp3) is 0. The van der Waals surface area contributed by atoms with Crippen LogP contribution < -0.4 is 0 Å². The van der Waals surface area contributed by atoms with Crippen LogP contribution in [0.25, 0.3) is 72.8 Å². The van der Waals surface area contributed by atoms with Gasteiger partial charge in [0.2, 0.25) is 0 Å². The molecule has 202 valence electrons. The predicted octanol–water partition coefficient (Wildman–Crippen LogP) is 9.64. The van der Waals surface area contributed by atoms with Gasteiger partial charge in [-0.25, -0.2) is 15.0 Å². The van der Waals surface area contributed by atoms with Gasteiger partial charge in [-0.15, -0.1) is 0 Å². The van der Waals surface area contributed by atoms with Crippen molar-refractivity contribution in [3.05, 3.63) is 158 Å². The number of fused-ring (bicyclic) bond motifs is 3. The van der Waals surface area contributed by atoms with E-state index in [0.717, 1.165) is 11.1 Å². The minimum Gasteiger partial charge on any atom is -0.309 e. The standard InChI is InChI=1S/C39H26N4/c1-4-12-27(13-5-1)31-22-25-36-34(26-31)33-18-10-11-19-35(33)43(36)32-23-20-30(21-24-32)39-41-37(28-14-6-2-7-15-28)40-38(42-39)29-16-8-3-9-17-29/h1-26H/i10D,11D,18D,19D,22D,25D,26D. The van der Waals surface area contributed by atoms with Gasteiger partial charge in [0.1, 0.15) is 0 Å². The predicted molar refractivity (Wildman–Crippen MR) is 176 cm³/mol. The molecule has 0 amide bonds. The molecule has 0 saturated carbocycles. The average molecular weight is 558 g/mol. The van der Waals surface area contributed by atoms with Crippen LogP contribution in [0.5, 0.6) is 0 Å². The van der Waals surface area contributed by atoms with E-state index in [2.05, 4.69) is 0 Å². The highest BCUT2D eigenvalue weighted by Gasteiger charge is 2.15. The summed E-state index contributed by atoms with van der Waals surface area (Å²) in [6.45, 7) is 0. The lowest BCUT2D eigenvalue weighted by atomic mass is 10.0. The fourth-order valence-corrected chi connectivity index (χ4v) is 5.22. The van der Waals surface area contributed by atoms with Crippen molar-refractivity contribution in [1.29, 1.82) is 0 Å². The summed E-state index contributed by atoms with van der Waals surface area (Å²) < 4.78 is 63.8. The molecule has 4 heteroatoms. The van der Waals surface area contributed by atoms with E-state index >= 15 is 0 Å². The van der Waals surface area contributed by atoms with E-state index in [4.69, 9.17) is 21.8 Å². The summed E-state index contributed by atoms with van der Waals surface area (Å²) in [6, 6.07) is 33.4. The second-order valence-corrected chi connectivity index (χ2v) is 9.98. The summed E-state index contributed by atoms with van der Waals surface area (Å²) in [4.78, 5) is 14.4. The van der Waals surface area contributed by atoms with Crippen molar-refractivity contribution in [3.63, 3.8) is 0 Å². The zero-order chi connectivity index (χ0) is 34.7. The summed E-state index contributed by atoms with van der Waals surface area (Å²) >= 11 is 0. The van der Waals surface area contributed by atoms with Crippen LogP contribution >= 0.6 is 0 Å². The van der Waals surface area contributed by atoms with Gasteiger partial charge in [0.25, 0.3) is 0 Å². The van der Waals surface area contributed by atoms with E-state index in [1.54, 1.807) is 41.0 Å². The van der Waals surface area contributed by atoms with Crippen molar-refractivity contribution in [2.75, 3.05) is 0 Å². The molecular formula is C39H26N4. The monoisotopic (exact) mass is 557 g/mol. The Labute approximate surface area is 259 Å². The molecule has 0 saturated heterocycles. The van der Waals surface area contributed by atoms with E-state index in [-0.39, 0.29) is 57.6 Å². The number of hydrogen-bond donors (Lipinski definition) is 0. The lowest BCUT2D eigenvalue weighted by Crippen LogP contribution is -2.00. The van der Waals surface area contributed by atoms with E-state index in [9.17, 15) is 2.74 Å². The highest BCUT2D eigenvalue weighted by atomic mass is 15.0. The molecular weight excluding hydrogens is 524 g/mol. The molecule has 0 radical (unpaired) electrons. The van der Waals surface area contributed by atoms with E-state index in [1.807, 2.05) is 78.9 Å². The zero-order valence-corrected chi connectivity index (χ0v) is 22.8. The van der Waals surface area contributed by atoms with Gasteiger partial charge < -0.3 is 4.57 Å². The van der Waals surface area contributed by atoms with Crippen molar-refractivity contribution in [1.82, 2.24) is 19.5 Å². The van der Waals surface area contributed by atoms with Crippen LogP contribution in [-0.2, 0) is 0 Å². The third kappa shape index (κ3) is 4.55. The van der Waals surface area contributed by atoms with Crippen molar-refractivity contribution in [2.45, 2.75) is 0 Å². The number of rotatable bonds is 5. The van der Waals surface area contributed by atoms with Crippen LogP contribution in [0.2, 0.25) is 0 Å². The van der Waals surface area contributed by atoms with Gasteiger partial charge in [-0.1, -0.05) is 115 Å². The van der Waals surface area contributed by atoms with Crippen LogP contribution in [0.1, 0.15) is 9.60 Å². The van der Waals surface area contributed by atoms with E-state index in [1.165, 1.54) is 0 Å². The molecule has 0 atom stereocenters. The zero-order valence-electron chi connectivity index (χ0n) is 29.8. The van der Waals surface area contributed by atoms with Crippen molar-refractivity contribution >= 4 is 21.8 Å². The van der Waals surface area contributed by atoms with Gasteiger partial charge >= 0.3 is 0 Å². The maximum Gasteiger partial charge on any atom is 0.164 e. The summed E-state index contributed by atoms with van der Waals surface area (Å²) in [5, 5.41) is 0.316. The van der Waals surface area contributed by atoms with Crippen molar-refractivity contribution in [2.24, 2.45) is 0 Å². The third-order valence-corrected chi connectivity index (χ3v) is 7.30.